The van der Waals surface area contributed by atoms with E-state index in [-0.39, 0.29) is 31.0 Å². The van der Waals surface area contributed by atoms with Crippen LogP contribution in [0.4, 0.5) is 4.79 Å². The quantitative estimate of drug-likeness (QED) is 0.341. The molecule has 0 aliphatic carbocycles. The first-order chi connectivity index (χ1) is 20.6. The Balaban J connectivity index is 1.71. The summed E-state index contributed by atoms with van der Waals surface area (Å²) in [5, 5.41) is 23.7. The predicted octanol–water partition coefficient (Wildman–Crippen LogP) is 3.56. The second-order valence-electron chi connectivity index (χ2n) is 11.6. The number of carboxylic acid groups (broad SMARTS) is 1. The maximum atomic E-state index is 14.3. The first kappa shape index (κ1) is 31.8. The van der Waals surface area contributed by atoms with E-state index in [1.807, 2.05) is 37.3 Å². The second-order valence-corrected chi connectivity index (χ2v) is 11.6. The van der Waals surface area contributed by atoms with Crippen LogP contribution in [-0.4, -0.2) is 86.3 Å². The lowest BCUT2D eigenvalue weighted by Crippen LogP contribution is -2.75. The number of aromatic hydroxyl groups is 1. The van der Waals surface area contributed by atoms with Crippen LogP contribution >= 0.6 is 0 Å². The van der Waals surface area contributed by atoms with Gasteiger partial charge in [-0.15, -0.1) is 0 Å². The van der Waals surface area contributed by atoms with E-state index in [4.69, 9.17) is 4.84 Å². The lowest BCUT2D eigenvalue weighted by atomic mass is 9.95. The molecular formula is C32H42N4O7. The SMILES string of the molecule is CCCC[C@@H](C(=O)NCCC(C)C)N1CC2N(C(=O)O)OC(Cc3ccccc3)C(=O)N2C(Cc2ccc(O)cc2)C1=O. The number of phenolic OH excluding ortho intramolecular Hbond substituents is 1. The van der Waals surface area contributed by atoms with E-state index < -0.39 is 42.3 Å². The van der Waals surface area contributed by atoms with Gasteiger partial charge in [-0.1, -0.05) is 76.1 Å². The predicted molar refractivity (Wildman–Crippen MR) is 159 cm³/mol. The Morgan fingerprint density at radius 2 is 1.65 bits per heavy atom. The number of fused-ring (bicyclic) bond motifs is 1. The van der Waals surface area contributed by atoms with Gasteiger partial charge in [-0.05, 0) is 42.0 Å². The molecule has 2 aromatic carbocycles. The molecule has 2 saturated heterocycles. The Hall–Kier alpha value is -4.12. The topological polar surface area (TPSA) is 140 Å². The molecule has 0 bridgehead atoms. The summed E-state index contributed by atoms with van der Waals surface area (Å²) in [6.07, 6.45) is -0.868. The molecule has 0 saturated carbocycles. The lowest BCUT2D eigenvalue weighted by molar-refractivity contribution is -0.265. The summed E-state index contributed by atoms with van der Waals surface area (Å²) < 4.78 is 0. The first-order valence-electron chi connectivity index (χ1n) is 15.0. The molecule has 0 spiro atoms. The van der Waals surface area contributed by atoms with Crippen molar-refractivity contribution in [3.63, 3.8) is 0 Å². The van der Waals surface area contributed by atoms with E-state index in [1.165, 1.54) is 21.9 Å². The van der Waals surface area contributed by atoms with Crippen LogP contribution in [0.3, 0.4) is 0 Å². The van der Waals surface area contributed by atoms with E-state index in [9.17, 15) is 29.4 Å². The van der Waals surface area contributed by atoms with Gasteiger partial charge in [0.2, 0.25) is 11.8 Å². The number of hydrogen-bond acceptors (Lipinski definition) is 6. The molecule has 11 heteroatoms. The van der Waals surface area contributed by atoms with Crippen molar-refractivity contribution in [3.05, 3.63) is 65.7 Å². The average molecular weight is 595 g/mol. The fourth-order valence-electron chi connectivity index (χ4n) is 5.65. The van der Waals surface area contributed by atoms with Gasteiger partial charge in [-0.25, -0.2) is 4.79 Å². The van der Waals surface area contributed by atoms with Crippen molar-refractivity contribution < 1.29 is 34.2 Å². The maximum Gasteiger partial charge on any atom is 0.433 e. The van der Waals surface area contributed by atoms with Crippen molar-refractivity contribution in [1.29, 1.82) is 0 Å². The summed E-state index contributed by atoms with van der Waals surface area (Å²) in [6.45, 7) is 6.37. The molecule has 3 N–H and O–H groups in total. The molecule has 0 aromatic heterocycles. The van der Waals surface area contributed by atoms with Gasteiger partial charge in [0, 0.05) is 19.4 Å². The molecule has 2 aliphatic rings. The number of rotatable bonds is 12. The summed E-state index contributed by atoms with van der Waals surface area (Å²) in [4.78, 5) is 62.9. The third kappa shape index (κ3) is 7.64. The van der Waals surface area contributed by atoms with E-state index >= 15 is 0 Å². The second kappa shape index (κ2) is 14.4. The number of phenols is 1. The molecule has 11 nitrogen and oxygen atoms in total. The smallest absolute Gasteiger partial charge is 0.433 e. The minimum atomic E-state index is -1.40. The summed E-state index contributed by atoms with van der Waals surface area (Å²) in [6, 6.07) is 13.5. The number of hydroxylamine groups is 2. The molecule has 2 aromatic rings. The fourth-order valence-corrected chi connectivity index (χ4v) is 5.65. The van der Waals surface area contributed by atoms with E-state index in [2.05, 4.69) is 19.2 Å². The fraction of sp³-hybridized carbons (Fsp3) is 0.500. The van der Waals surface area contributed by atoms with Gasteiger partial charge in [-0.3, -0.25) is 19.2 Å². The highest BCUT2D eigenvalue weighted by molar-refractivity contribution is 5.95. The molecule has 3 unspecified atom stereocenters. The molecule has 232 valence electrons. The number of nitrogens with zero attached hydrogens (tertiary/aromatic N) is 3. The molecule has 2 heterocycles. The van der Waals surface area contributed by atoms with Crippen LogP contribution in [0.5, 0.6) is 5.75 Å². The van der Waals surface area contributed by atoms with Gasteiger partial charge >= 0.3 is 6.09 Å². The Morgan fingerprint density at radius 3 is 2.28 bits per heavy atom. The molecule has 43 heavy (non-hydrogen) atoms. The van der Waals surface area contributed by atoms with Gasteiger partial charge in [0.05, 0.1) is 6.54 Å². The van der Waals surface area contributed by atoms with E-state index in [0.717, 1.165) is 23.5 Å². The summed E-state index contributed by atoms with van der Waals surface area (Å²) in [5.74, 6) is -0.782. The lowest BCUT2D eigenvalue weighted by Gasteiger charge is -2.53. The summed E-state index contributed by atoms with van der Waals surface area (Å²) in [7, 11) is 0. The molecule has 4 amide bonds. The zero-order chi connectivity index (χ0) is 31.1. The van der Waals surface area contributed by atoms with Crippen molar-refractivity contribution in [3.8, 4) is 5.75 Å². The van der Waals surface area contributed by atoms with Crippen LogP contribution in [0, 0.1) is 5.92 Å². The van der Waals surface area contributed by atoms with Crippen LogP contribution in [0.15, 0.2) is 54.6 Å². The Labute approximate surface area is 252 Å². The summed E-state index contributed by atoms with van der Waals surface area (Å²) >= 11 is 0. The molecule has 2 aliphatic heterocycles. The van der Waals surface area contributed by atoms with Gasteiger partial charge < -0.3 is 25.3 Å². The molecule has 2 fully saturated rings. The van der Waals surface area contributed by atoms with Crippen LogP contribution in [0.2, 0.25) is 0 Å². The molecule has 4 atom stereocenters. The van der Waals surface area contributed by atoms with Crippen LogP contribution in [-0.2, 0) is 32.1 Å². The Morgan fingerprint density at radius 1 is 0.977 bits per heavy atom. The number of carbonyl (C=O) groups excluding carboxylic acids is 3. The van der Waals surface area contributed by atoms with Gasteiger partial charge in [0.25, 0.3) is 5.91 Å². The number of carbonyl (C=O) groups is 4. The van der Waals surface area contributed by atoms with Gasteiger partial charge in [-0.2, -0.15) is 5.06 Å². The van der Waals surface area contributed by atoms with E-state index in [1.54, 1.807) is 12.1 Å². The minimum absolute atomic E-state index is 0.0540. The standard InChI is InChI=1S/C32H42N4O7/c1-4-5-11-25(29(38)33-17-16-21(2)3)34-20-28-35(26(30(34)39)18-23-12-14-24(37)15-13-23)31(40)27(43-36(28)32(41)42)19-22-9-7-6-8-10-22/h6-10,12-15,21,25-28,37H,4-5,11,16-20H2,1-3H3,(H,33,38)(H,41,42)/t25-,26?,27?,28?/m0/s1. The molecular weight excluding hydrogens is 552 g/mol. The Kier molecular flexibility index (Phi) is 10.6. The number of hydrogen-bond donors (Lipinski definition) is 3. The highest BCUT2D eigenvalue weighted by Crippen LogP contribution is 2.32. The maximum absolute atomic E-state index is 14.3. The third-order valence-electron chi connectivity index (χ3n) is 7.98. The highest BCUT2D eigenvalue weighted by Gasteiger charge is 2.54. The van der Waals surface area contributed by atoms with Gasteiger partial charge in [0.1, 0.15) is 17.8 Å². The van der Waals surface area contributed by atoms with Crippen molar-refractivity contribution >= 4 is 23.8 Å². The first-order valence-corrected chi connectivity index (χ1v) is 15.0. The van der Waals surface area contributed by atoms with Crippen LogP contribution in [0.25, 0.3) is 0 Å². The molecule has 4 rings (SSSR count). The summed E-state index contributed by atoms with van der Waals surface area (Å²) in [5.41, 5.74) is 1.45. The van der Waals surface area contributed by atoms with Gasteiger partial charge in [0.15, 0.2) is 12.3 Å². The number of unbranched alkanes of at least 4 members (excludes halogenated alkanes) is 1. The average Bonchev–Trinajstić information content (AvgIpc) is 2.97. The van der Waals surface area contributed by atoms with Crippen molar-refractivity contribution in [2.75, 3.05) is 13.1 Å². The zero-order valence-electron chi connectivity index (χ0n) is 25.0. The number of nitrogens with one attached hydrogen (secondary N) is 1. The zero-order valence-corrected chi connectivity index (χ0v) is 25.0. The molecule has 0 radical (unpaired) electrons. The van der Waals surface area contributed by atoms with Crippen molar-refractivity contribution in [1.82, 2.24) is 20.2 Å². The van der Waals surface area contributed by atoms with Crippen LogP contribution in [0.1, 0.15) is 57.6 Å². The van der Waals surface area contributed by atoms with Crippen LogP contribution < -0.4 is 5.32 Å². The number of amides is 4. The number of piperazine rings is 1. The largest absolute Gasteiger partial charge is 0.508 e. The Bertz CT molecular complexity index is 1270. The minimum Gasteiger partial charge on any atom is -0.508 e. The third-order valence-corrected chi connectivity index (χ3v) is 7.98. The number of benzene rings is 2. The van der Waals surface area contributed by atoms with E-state index in [0.29, 0.717) is 30.9 Å². The van der Waals surface area contributed by atoms with Crippen molar-refractivity contribution in [2.45, 2.75) is 83.6 Å². The van der Waals surface area contributed by atoms with Crippen molar-refractivity contribution in [2.24, 2.45) is 5.92 Å². The normalized spacial score (nSPS) is 21.1. The highest BCUT2D eigenvalue weighted by atomic mass is 16.7. The monoisotopic (exact) mass is 594 g/mol.